The normalized spacial score (nSPS) is 13.0. The van der Waals surface area contributed by atoms with Crippen molar-refractivity contribution in [2.24, 2.45) is 5.73 Å². The zero-order chi connectivity index (χ0) is 9.97. The first kappa shape index (κ1) is 9.22. The second-order valence-corrected chi connectivity index (χ2v) is 3.62. The van der Waals surface area contributed by atoms with Crippen LogP contribution in [0.25, 0.3) is 10.8 Å². The van der Waals surface area contributed by atoms with E-state index < -0.39 is 0 Å². The van der Waals surface area contributed by atoms with Gasteiger partial charge in [0.25, 0.3) is 0 Å². The minimum atomic E-state index is 0.166. The molecule has 2 aromatic carbocycles. The highest BCUT2D eigenvalue weighted by atomic mass is 14.6. The van der Waals surface area contributed by atoms with E-state index in [-0.39, 0.29) is 6.04 Å². The van der Waals surface area contributed by atoms with E-state index in [2.05, 4.69) is 49.4 Å². The first-order chi connectivity index (χ1) is 6.81. The highest BCUT2D eigenvalue weighted by Gasteiger charge is 2.02. The number of nitrogens with two attached hydrogens (primary N) is 1. The summed E-state index contributed by atoms with van der Waals surface area (Å²) in [6.45, 7) is 2.11. The molecule has 2 N–H and O–H groups in total. The number of fused-ring (bicyclic) bond motifs is 1. The number of hydrogen-bond acceptors (Lipinski definition) is 1. The van der Waals surface area contributed by atoms with Crippen molar-refractivity contribution >= 4 is 10.8 Å². The van der Waals surface area contributed by atoms with E-state index in [1.807, 2.05) is 0 Å². The van der Waals surface area contributed by atoms with E-state index in [1.165, 1.54) is 16.3 Å². The van der Waals surface area contributed by atoms with E-state index >= 15 is 0 Å². The molecule has 0 bridgehead atoms. The summed E-state index contributed by atoms with van der Waals surface area (Å²) in [5.74, 6) is 0. The van der Waals surface area contributed by atoms with Gasteiger partial charge in [0.05, 0.1) is 0 Å². The van der Waals surface area contributed by atoms with Crippen LogP contribution in [0.15, 0.2) is 42.5 Å². The molecule has 0 saturated carbocycles. The summed E-state index contributed by atoms with van der Waals surface area (Å²) < 4.78 is 0. The summed E-state index contributed by atoms with van der Waals surface area (Å²) in [7, 11) is 0. The van der Waals surface area contributed by atoms with E-state index in [1.54, 1.807) is 0 Å². The van der Waals surface area contributed by atoms with Gasteiger partial charge in [0.2, 0.25) is 0 Å². The molecule has 0 fully saturated rings. The fourth-order valence-corrected chi connectivity index (χ4v) is 1.67. The molecule has 0 aliphatic heterocycles. The van der Waals surface area contributed by atoms with Gasteiger partial charge in [-0.2, -0.15) is 0 Å². The molecule has 0 saturated heterocycles. The minimum absolute atomic E-state index is 0.166. The lowest BCUT2D eigenvalue weighted by molar-refractivity contribution is 0.700. The quantitative estimate of drug-likeness (QED) is 0.763. The second-order valence-electron chi connectivity index (χ2n) is 3.62. The molecule has 0 heterocycles. The smallest absolute Gasteiger partial charge is 0.0292 e. The van der Waals surface area contributed by atoms with Crippen molar-refractivity contribution in [3.05, 3.63) is 48.0 Å². The molecule has 0 aliphatic carbocycles. The highest BCUT2D eigenvalue weighted by Crippen LogP contribution is 2.20. The Kier molecular flexibility index (Phi) is 2.51. The van der Waals surface area contributed by atoms with Crippen LogP contribution >= 0.6 is 0 Å². The maximum absolute atomic E-state index is 5.99. The lowest BCUT2D eigenvalue weighted by Crippen LogP contribution is -2.08. The first-order valence-corrected chi connectivity index (χ1v) is 5.05. The lowest BCUT2D eigenvalue weighted by atomic mass is 10.0. The van der Waals surface area contributed by atoms with Crippen LogP contribution in [0.4, 0.5) is 0 Å². The zero-order valence-corrected chi connectivity index (χ0v) is 8.40. The van der Waals surface area contributed by atoms with Gasteiger partial charge in [0, 0.05) is 6.04 Å². The average molecular weight is 185 g/mol. The molecular weight excluding hydrogens is 170 g/mol. The molecule has 72 valence electrons. The molecule has 0 radical (unpaired) electrons. The lowest BCUT2D eigenvalue weighted by Gasteiger charge is -2.09. The topological polar surface area (TPSA) is 26.0 Å². The molecule has 2 rings (SSSR count). The summed E-state index contributed by atoms with van der Waals surface area (Å²) in [6.07, 6.45) is 0.984. The third kappa shape index (κ3) is 1.64. The molecule has 14 heavy (non-hydrogen) atoms. The molecule has 0 unspecified atom stereocenters. The zero-order valence-electron chi connectivity index (χ0n) is 8.40. The van der Waals surface area contributed by atoms with Crippen molar-refractivity contribution < 1.29 is 0 Å². The highest BCUT2D eigenvalue weighted by molar-refractivity contribution is 5.83. The molecular formula is C13H15N. The molecule has 2 aromatic rings. The summed E-state index contributed by atoms with van der Waals surface area (Å²) in [5.41, 5.74) is 7.21. The van der Waals surface area contributed by atoms with Crippen molar-refractivity contribution in [2.75, 3.05) is 0 Å². The van der Waals surface area contributed by atoms with Gasteiger partial charge in [0.15, 0.2) is 0 Å². The van der Waals surface area contributed by atoms with Gasteiger partial charge in [-0.05, 0) is 28.8 Å². The number of rotatable bonds is 2. The first-order valence-electron chi connectivity index (χ1n) is 5.05. The Hall–Kier alpha value is -1.34. The van der Waals surface area contributed by atoms with Gasteiger partial charge >= 0.3 is 0 Å². The van der Waals surface area contributed by atoms with Crippen molar-refractivity contribution in [3.63, 3.8) is 0 Å². The van der Waals surface area contributed by atoms with Gasteiger partial charge in [-0.25, -0.2) is 0 Å². The van der Waals surface area contributed by atoms with Crippen LogP contribution in [0.1, 0.15) is 24.9 Å². The Balaban J connectivity index is 2.51. The Morgan fingerprint density at radius 2 is 1.79 bits per heavy atom. The van der Waals surface area contributed by atoms with Crippen LogP contribution in [-0.2, 0) is 0 Å². The monoisotopic (exact) mass is 185 g/mol. The molecule has 1 atom stereocenters. The maximum atomic E-state index is 5.99. The summed E-state index contributed by atoms with van der Waals surface area (Å²) >= 11 is 0. The van der Waals surface area contributed by atoms with Gasteiger partial charge in [-0.1, -0.05) is 43.3 Å². The molecule has 0 spiro atoms. The largest absolute Gasteiger partial charge is 0.324 e. The minimum Gasteiger partial charge on any atom is -0.324 e. The maximum Gasteiger partial charge on any atom is 0.0292 e. The van der Waals surface area contributed by atoms with Crippen molar-refractivity contribution in [1.82, 2.24) is 0 Å². The molecule has 0 aliphatic rings. The Morgan fingerprint density at radius 3 is 2.50 bits per heavy atom. The van der Waals surface area contributed by atoms with Gasteiger partial charge in [-0.15, -0.1) is 0 Å². The molecule has 0 aromatic heterocycles. The third-order valence-corrected chi connectivity index (χ3v) is 2.64. The van der Waals surface area contributed by atoms with Gasteiger partial charge < -0.3 is 5.73 Å². The van der Waals surface area contributed by atoms with E-state index in [9.17, 15) is 0 Å². The van der Waals surface area contributed by atoms with Crippen LogP contribution < -0.4 is 5.73 Å². The van der Waals surface area contributed by atoms with Gasteiger partial charge in [-0.3, -0.25) is 0 Å². The number of hydrogen-bond donors (Lipinski definition) is 1. The predicted molar refractivity (Wildman–Crippen MR) is 61.2 cm³/mol. The predicted octanol–water partition coefficient (Wildman–Crippen LogP) is 3.25. The van der Waals surface area contributed by atoms with Crippen LogP contribution in [0.3, 0.4) is 0 Å². The van der Waals surface area contributed by atoms with Crippen molar-refractivity contribution in [2.45, 2.75) is 19.4 Å². The SMILES string of the molecule is CC[C@@H](N)c1ccc2ccccc2c1. The van der Waals surface area contributed by atoms with Crippen molar-refractivity contribution in [3.8, 4) is 0 Å². The standard InChI is InChI=1S/C13H15N/c1-2-13(14)12-8-7-10-5-3-4-6-11(10)9-12/h3-9,13H,2,14H2,1H3/t13-/m1/s1. The average Bonchev–Trinajstić information content (AvgIpc) is 2.27. The van der Waals surface area contributed by atoms with Crippen LogP contribution in [0.2, 0.25) is 0 Å². The third-order valence-electron chi connectivity index (χ3n) is 2.64. The summed E-state index contributed by atoms with van der Waals surface area (Å²) in [6, 6.07) is 15.0. The Labute approximate surface area is 84.5 Å². The van der Waals surface area contributed by atoms with Crippen LogP contribution in [0.5, 0.6) is 0 Å². The van der Waals surface area contributed by atoms with Crippen LogP contribution in [-0.4, -0.2) is 0 Å². The van der Waals surface area contributed by atoms with E-state index in [0.717, 1.165) is 6.42 Å². The second kappa shape index (κ2) is 3.81. The Morgan fingerprint density at radius 1 is 1.07 bits per heavy atom. The summed E-state index contributed by atoms with van der Waals surface area (Å²) in [5, 5.41) is 2.55. The molecule has 0 amide bonds. The molecule has 1 nitrogen and oxygen atoms in total. The van der Waals surface area contributed by atoms with E-state index in [0.29, 0.717) is 0 Å². The van der Waals surface area contributed by atoms with E-state index in [4.69, 9.17) is 5.73 Å². The summed E-state index contributed by atoms with van der Waals surface area (Å²) in [4.78, 5) is 0. The molecule has 1 heteroatoms. The van der Waals surface area contributed by atoms with Gasteiger partial charge in [0.1, 0.15) is 0 Å². The fraction of sp³-hybridized carbons (Fsp3) is 0.231. The fourth-order valence-electron chi connectivity index (χ4n) is 1.67. The number of benzene rings is 2. The van der Waals surface area contributed by atoms with Crippen molar-refractivity contribution in [1.29, 1.82) is 0 Å². The van der Waals surface area contributed by atoms with Crippen LogP contribution in [0, 0.1) is 0 Å². The Bertz CT molecular complexity index is 434.